The second kappa shape index (κ2) is 6.10. The van der Waals surface area contributed by atoms with E-state index in [0.29, 0.717) is 0 Å². The van der Waals surface area contributed by atoms with Crippen LogP contribution < -0.4 is 9.80 Å². The van der Waals surface area contributed by atoms with Crippen molar-refractivity contribution in [2.45, 2.75) is 20.8 Å². The molecule has 24 heavy (non-hydrogen) atoms. The van der Waals surface area contributed by atoms with Gasteiger partial charge in [-0.15, -0.1) is 0 Å². The Morgan fingerprint density at radius 2 is 1.67 bits per heavy atom. The highest BCUT2D eigenvalue weighted by atomic mass is 32.1. The number of thiazole rings is 1. The summed E-state index contributed by atoms with van der Waals surface area (Å²) < 4.78 is 1.30. The number of benzene rings is 2. The van der Waals surface area contributed by atoms with Gasteiger partial charge in [0.15, 0.2) is 5.13 Å². The van der Waals surface area contributed by atoms with Crippen molar-refractivity contribution in [3.05, 3.63) is 53.1 Å². The molecule has 1 fully saturated rings. The van der Waals surface area contributed by atoms with E-state index in [1.807, 2.05) is 11.3 Å². The lowest BCUT2D eigenvalue weighted by Gasteiger charge is -2.36. The van der Waals surface area contributed by atoms with E-state index in [4.69, 9.17) is 4.98 Å². The first-order valence-corrected chi connectivity index (χ1v) is 9.37. The van der Waals surface area contributed by atoms with Crippen LogP contribution in [0.4, 0.5) is 10.8 Å². The average Bonchev–Trinajstić information content (AvgIpc) is 3.03. The highest BCUT2D eigenvalue weighted by Gasteiger charge is 2.20. The molecule has 4 heteroatoms. The van der Waals surface area contributed by atoms with Crippen LogP contribution in [0.25, 0.3) is 10.2 Å². The van der Waals surface area contributed by atoms with Crippen LogP contribution in [-0.2, 0) is 0 Å². The van der Waals surface area contributed by atoms with Crippen LogP contribution in [0.15, 0.2) is 36.4 Å². The summed E-state index contributed by atoms with van der Waals surface area (Å²) in [5.41, 5.74) is 6.48. The Hall–Kier alpha value is -2.07. The minimum absolute atomic E-state index is 1.03. The molecule has 1 aliphatic rings. The first-order chi connectivity index (χ1) is 11.6. The minimum Gasteiger partial charge on any atom is -0.368 e. The number of fused-ring (bicyclic) bond motifs is 1. The van der Waals surface area contributed by atoms with Crippen LogP contribution in [0, 0.1) is 20.8 Å². The van der Waals surface area contributed by atoms with Gasteiger partial charge in [0.2, 0.25) is 0 Å². The van der Waals surface area contributed by atoms with Crippen molar-refractivity contribution in [1.29, 1.82) is 0 Å². The Balaban J connectivity index is 1.53. The molecule has 124 valence electrons. The van der Waals surface area contributed by atoms with E-state index in [0.717, 1.165) is 26.2 Å². The number of piperazine rings is 1. The van der Waals surface area contributed by atoms with Gasteiger partial charge in [0.05, 0.1) is 10.2 Å². The third-order valence-corrected chi connectivity index (χ3v) is 6.07. The Kier molecular flexibility index (Phi) is 3.93. The smallest absolute Gasteiger partial charge is 0.186 e. The number of rotatable bonds is 2. The quantitative estimate of drug-likeness (QED) is 0.684. The molecule has 1 aromatic heterocycles. The average molecular weight is 337 g/mol. The van der Waals surface area contributed by atoms with Gasteiger partial charge in [0, 0.05) is 31.9 Å². The van der Waals surface area contributed by atoms with Crippen LogP contribution in [0.1, 0.15) is 16.7 Å². The molecule has 0 saturated carbocycles. The summed E-state index contributed by atoms with van der Waals surface area (Å²) in [7, 11) is 0. The SMILES string of the molecule is Cc1cccc(N2CCN(c3nc4c(C)c(C)ccc4s3)CC2)c1. The van der Waals surface area contributed by atoms with Crippen molar-refractivity contribution >= 4 is 32.4 Å². The molecule has 0 atom stereocenters. The molecule has 2 heterocycles. The molecule has 0 bridgehead atoms. The zero-order chi connectivity index (χ0) is 16.7. The van der Waals surface area contributed by atoms with Crippen LogP contribution >= 0.6 is 11.3 Å². The predicted molar refractivity (Wildman–Crippen MR) is 105 cm³/mol. The molecule has 0 radical (unpaired) electrons. The Bertz CT molecular complexity index is 876. The van der Waals surface area contributed by atoms with Crippen molar-refractivity contribution in [1.82, 2.24) is 4.98 Å². The molecule has 1 aliphatic heterocycles. The fourth-order valence-corrected chi connectivity index (χ4v) is 4.41. The van der Waals surface area contributed by atoms with Crippen LogP contribution in [0.5, 0.6) is 0 Å². The van der Waals surface area contributed by atoms with Gasteiger partial charge >= 0.3 is 0 Å². The van der Waals surface area contributed by atoms with Crippen molar-refractivity contribution in [3.63, 3.8) is 0 Å². The van der Waals surface area contributed by atoms with Gasteiger partial charge < -0.3 is 9.80 Å². The van der Waals surface area contributed by atoms with E-state index in [2.05, 4.69) is 67.0 Å². The lowest BCUT2D eigenvalue weighted by atomic mass is 10.1. The summed E-state index contributed by atoms with van der Waals surface area (Å²) >= 11 is 1.82. The Morgan fingerprint density at radius 3 is 2.42 bits per heavy atom. The number of aromatic nitrogens is 1. The van der Waals surface area contributed by atoms with E-state index in [1.54, 1.807) is 0 Å². The van der Waals surface area contributed by atoms with Gasteiger partial charge in [0.1, 0.15) is 0 Å². The fraction of sp³-hybridized carbons (Fsp3) is 0.350. The second-order valence-corrected chi connectivity index (χ2v) is 7.67. The normalized spacial score (nSPS) is 15.3. The molecule has 3 nitrogen and oxygen atoms in total. The highest BCUT2D eigenvalue weighted by Crippen LogP contribution is 2.32. The minimum atomic E-state index is 1.03. The van der Waals surface area contributed by atoms with Crippen LogP contribution in [0.3, 0.4) is 0 Å². The topological polar surface area (TPSA) is 19.4 Å². The van der Waals surface area contributed by atoms with E-state index in [1.165, 1.54) is 37.7 Å². The summed E-state index contributed by atoms with van der Waals surface area (Å²) in [6.07, 6.45) is 0. The fourth-order valence-electron chi connectivity index (χ4n) is 3.33. The molecule has 4 rings (SSSR count). The zero-order valence-corrected chi connectivity index (χ0v) is 15.4. The lowest BCUT2D eigenvalue weighted by molar-refractivity contribution is 0.652. The monoisotopic (exact) mass is 337 g/mol. The molecule has 0 N–H and O–H groups in total. The summed E-state index contributed by atoms with van der Waals surface area (Å²) in [4.78, 5) is 9.85. The number of anilines is 2. The zero-order valence-electron chi connectivity index (χ0n) is 14.5. The number of hydrogen-bond donors (Lipinski definition) is 0. The summed E-state index contributed by atoms with van der Waals surface area (Å²) in [6.45, 7) is 10.7. The van der Waals surface area contributed by atoms with Crippen molar-refractivity contribution < 1.29 is 0 Å². The summed E-state index contributed by atoms with van der Waals surface area (Å²) in [6, 6.07) is 13.2. The van der Waals surface area contributed by atoms with Gasteiger partial charge in [-0.2, -0.15) is 0 Å². The first kappa shape index (κ1) is 15.5. The number of nitrogens with zero attached hydrogens (tertiary/aromatic N) is 3. The van der Waals surface area contributed by atoms with Crippen molar-refractivity contribution in [3.8, 4) is 0 Å². The summed E-state index contributed by atoms with van der Waals surface area (Å²) in [5, 5.41) is 1.17. The molecular weight excluding hydrogens is 314 g/mol. The predicted octanol–water partition coefficient (Wildman–Crippen LogP) is 4.55. The Morgan fingerprint density at radius 1 is 0.917 bits per heavy atom. The van der Waals surface area contributed by atoms with Gasteiger partial charge in [-0.05, 0) is 55.7 Å². The summed E-state index contributed by atoms with van der Waals surface area (Å²) in [5.74, 6) is 0. The molecule has 0 spiro atoms. The van der Waals surface area contributed by atoms with Gasteiger partial charge in [-0.25, -0.2) is 4.98 Å². The van der Waals surface area contributed by atoms with E-state index < -0.39 is 0 Å². The third-order valence-electron chi connectivity index (χ3n) is 4.99. The molecule has 0 aliphatic carbocycles. The second-order valence-electron chi connectivity index (χ2n) is 6.66. The maximum absolute atomic E-state index is 4.93. The molecule has 1 saturated heterocycles. The van der Waals surface area contributed by atoms with E-state index >= 15 is 0 Å². The standard InChI is InChI=1S/C20H23N3S/c1-14-5-4-6-17(13-14)22-9-11-23(12-10-22)20-21-19-16(3)15(2)7-8-18(19)24-20/h4-8,13H,9-12H2,1-3H3. The number of aryl methyl sites for hydroxylation is 3. The maximum Gasteiger partial charge on any atom is 0.186 e. The Labute approximate surface area is 147 Å². The lowest BCUT2D eigenvalue weighted by Crippen LogP contribution is -2.46. The van der Waals surface area contributed by atoms with Gasteiger partial charge in [0.25, 0.3) is 0 Å². The molecule has 2 aromatic carbocycles. The molecule has 3 aromatic rings. The largest absolute Gasteiger partial charge is 0.368 e. The van der Waals surface area contributed by atoms with Crippen molar-refractivity contribution in [2.75, 3.05) is 36.0 Å². The third kappa shape index (κ3) is 2.75. The molecular formula is C20H23N3S. The van der Waals surface area contributed by atoms with E-state index in [-0.39, 0.29) is 0 Å². The van der Waals surface area contributed by atoms with Gasteiger partial charge in [-0.3, -0.25) is 0 Å². The van der Waals surface area contributed by atoms with Crippen LogP contribution in [0.2, 0.25) is 0 Å². The number of hydrogen-bond acceptors (Lipinski definition) is 4. The first-order valence-electron chi connectivity index (χ1n) is 8.55. The van der Waals surface area contributed by atoms with Crippen LogP contribution in [-0.4, -0.2) is 31.2 Å². The van der Waals surface area contributed by atoms with Crippen molar-refractivity contribution in [2.24, 2.45) is 0 Å². The van der Waals surface area contributed by atoms with Gasteiger partial charge in [-0.1, -0.05) is 29.5 Å². The molecule has 0 amide bonds. The highest BCUT2D eigenvalue weighted by molar-refractivity contribution is 7.22. The molecule has 0 unspecified atom stereocenters. The maximum atomic E-state index is 4.93. The van der Waals surface area contributed by atoms with E-state index in [9.17, 15) is 0 Å².